The summed E-state index contributed by atoms with van der Waals surface area (Å²) in [6.45, 7) is 11.8. The molecule has 1 atom stereocenters. The van der Waals surface area contributed by atoms with Gasteiger partial charge in [-0.1, -0.05) is 19.8 Å². The highest BCUT2D eigenvalue weighted by molar-refractivity contribution is 5.80. The molecule has 0 aliphatic heterocycles. The number of carbonyl (C=O) groups is 1. The minimum atomic E-state index is -0.499. The fourth-order valence-electron chi connectivity index (χ4n) is 2.78. The number of aliphatic imine (C=N–C) groups is 1. The number of hydrogen-bond donors (Lipinski definition) is 3. The lowest BCUT2D eigenvalue weighted by molar-refractivity contribution is 0.0522. The van der Waals surface area contributed by atoms with Crippen molar-refractivity contribution in [2.45, 2.75) is 78.4 Å². The molecule has 0 aromatic carbocycles. The monoisotopic (exact) mass is 408 g/mol. The number of aromatic nitrogens is 2. The van der Waals surface area contributed by atoms with Gasteiger partial charge in [0.15, 0.2) is 5.96 Å². The predicted molar refractivity (Wildman–Crippen MR) is 118 cm³/mol. The van der Waals surface area contributed by atoms with E-state index >= 15 is 0 Å². The molecule has 0 saturated heterocycles. The number of ether oxygens (including phenoxy) is 1. The van der Waals surface area contributed by atoms with Crippen LogP contribution in [0.1, 0.15) is 65.9 Å². The van der Waals surface area contributed by atoms with E-state index in [-0.39, 0.29) is 12.1 Å². The SMILES string of the molecule is CCCCC(CNC(=O)OC(C)(C)C)NC(=NCCCc1cnn(C)c1)NCC. The molecule has 0 fully saturated rings. The molecule has 0 aliphatic rings. The third kappa shape index (κ3) is 12.0. The highest BCUT2D eigenvalue weighted by Gasteiger charge is 2.18. The van der Waals surface area contributed by atoms with Crippen LogP contribution in [-0.2, 0) is 18.2 Å². The van der Waals surface area contributed by atoms with Gasteiger partial charge in [-0.3, -0.25) is 9.67 Å². The largest absolute Gasteiger partial charge is 0.444 e. The molecule has 0 spiro atoms. The Labute approximate surface area is 175 Å². The van der Waals surface area contributed by atoms with Crippen LogP contribution in [0.4, 0.5) is 4.79 Å². The molecule has 29 heavy (non-hydrogen) atoms. The summed E-state index contributed by atoms with van der Waals surface area (Å²) >= 11 is 0. The molecule has 3 N–H and O–H groups in total. The lowest BCUT2D eigenvalue weighted by Gasteiger charge is -2.24. The van der Waals surface area contributed by atoms with Gasteiger partial charge in [-0.2, -0.15) is 5.10 Å². The maximum Gasteiger partial charge on any atom is 0.407 e. The van der Waals surface area contributed by atoms with Crippen LogP contribution < -0.4 is 16.0 Å². The Morgan fingerprint density at radius 1 is 1.28 bits per heavy atom. The van der Waals surface area contributed by atoms with Gasteiger partial charge in [-0.05, 0) is 52.5 Å². The topological polar surface area (TPSA) is 92.6 Å². The van der Waals surface area contributed by atoms with Gasteiger partial charge < -0.3 is 20.7 Å². The number of alkyl carbamates (subject to hydrolysis) is 1. The Morgan fingerprint density at radius 3 is 2.62 bits per heavy atom. The lowest BCUT2D eigenvalue weighted by atomic mass is 10.1. The Kier molecular flexibility index (Phi) is 11.2. The zero-order valence-electron chi connectivity index (χ0n) is 19.0. The average molecular weight is 409 g/mol. The van der Waals surface area contributed by atoms with Gasteiger partial charge in [0.05, 0.1) is 6.20 Å². The zero-order valence-corrected chi connectivity index (χ0v) is 19.0. The fourth-order valence-corrected chi connectivity index (χ4v) is 2.78. The van der Waals surface area contributed by atoms with Crippen molar-refractivity contribution in [3.05, 3.63) is 18.0 Å². The molecule has 8 nitrogen and oxygen atoms in total. The zero-order chi connectivity index (χ0) is 21.7. The molecule has 0 bridgehead atoms. The predicted octanol–water partition coefficient (Wildman–Crippen LogP) is 2.99. The van der Waals surface area contributed by atoms with Crippen molar-refractivity contribution in [3.63, 3.8) is 0 Å². The first-order valence-corrected chi connectivity index (χ1v) is 10.7. The minimum Gasteiger partial charge on any atom is -0.444 e. The van der Waals surface area contributed by atoms with E-state index in [4.69, 9.17) is 9.73 Å². The maximum atomic E-state index is 12.0. The molecule has 166 valence electrons. The third-order valence-corrected chi connectivity index (χ3v) is 4.13. The standard InChI is InChI=1S/C21H40N6O2/c1-7-9-12-18(15-24-20(28)29-21(3,4)5)26-19(22-8-2)23-13-10-11-17-14-25-27(6)16-17/h14,16,18H,7-13,15H2,1-6H3,(H,24,28)(H2,22,23,26). The van der Waals surface area contributed by atoms with E-state index in [0.29, 0.717) is 6.54 Å². The molecule has 8 heteroatoms. The summed E-state index contributed by atoms with van der Waals surface area (Å²) in [6.07, 6.45) is 8.59. The van der Waals surface area contributed by atoms with Gasteiger partial charge in [-0.25, -0.2) is 4.79 Å². The maximum absolute atomic E-state index is 12.0. The van der Waals surface area contributed by atoms with Crippen LogP contribution in [0.2, 0.25) is 0 Å². The molecule has 1 unspecified atom stereocenters. The number of nitrogens with zero attached hydrogens (tertiary/aromatic N) is 3. The average Bonchev–Trinajstić information content (AvgIpc) is 3.04. The number of guanidine groups is 1. The van der Waals surface area contributed by atoms with Crippen molar-refractivity contribution in [1.82, 2.24) is 25.7 Å². The Morgan fingerprint density at radius 2 is 2.03 bits per heavy atom. The molecule has 1 aromatic heterocycles. The molecule has 0 saturated carbocycles. The third-order valence-electron chi connectivity index (χ3n) is 4.13. The Hall–Kier alpha value is -2.25. The van der Waals surface area contributed by atoms with Crippen molar-refractivity contribution in [2.24, 2.45) is 12.0 Å². The van der Waals surface area contributed by atoms with Gasteiger partial charge in [-0.15, -0.1) is 0 Å². The van der Waals surface area contributed by atoms with Crippen LogP contribution in [0, 0.1) is 0 Å². The number of unbranched alkanes of at least 4 members (excludes halogenated alkanes) is 1. The first-order valence-electron chi connectivity index (χ1n) is 10.7. The van der Waals surface area contributed by atoms with Crippen molar-refractivity contribution >= 4 is 12.1 Å². The Balaban J connectivity index is 2.56. The smallest absolute Gasteiger partial charge is 0.407 e. The quantitative estimate of drug-likeness (QED) is 0.297. The van der Waals surface area contributed by atoms with Gasteiger partial charge in [0.1, 0.15) is 5.60 Å². The summed E-state index contributed by atoms with van der Waals surface area (Å²) in [5, 5.41) is 13.8. The van der Waals surface area contributed by atoms with E-state index in [1.165, 1.54) is 5.56 Å². The molecule has 1 heterocycles. The number of aryl methyl sites for hydroxylation is 2. The van der Waals surface area contributed by atoms with Crippen molar-refractivity contribution in [2.75, 3.05) is 19.6 Å². The number of rotatable bonds is 11. The minimum absolute atomic E-state index is 0.0959. The number of carbonyl (C=O) groups excluding carboxylic acids is 1. The summed E-state index contributed by atoms with van der Waals surface area (Å²) in [4.78, 5) is 16.7. The second kappa shape index (κ2) is 13.1. The van der Waals surface area contributed by atoms with E-state index in [2.05, 4.69) is 28.0 Å². The summed E-state index contributed by atoms with van der Waals surface area (Å²) < 4.78 is 7.16. The molecular formula is C21H40N6O2. The van der Waals surface area contributed by atoms with E-state index in [1.807, 2.05) is 51.8 Å². The van der Waals surface area contributed by atoms with Gasteiger partial charge in [0.2, 0.25) is 0 Å². The second-order valence-electron chi connectivity index (χ2n) is 8.25. The second-order valence-corrected chi connectivity index (χ2v) is 8.25. The number of hydrogen-bond acceptors (Lipinski definition) is 4. The van der Waals surface area contributed by atoms with E-state index in [1.54, 1.807) is 0 Å². The van der Waals surface area contributed by atoms with Gasteiger partial charge in [0, 0.05) is 38.9 Å². The molecule has 1 rings (SSSR count). The van der Waals surface area contributed by atoms with Crippen LogP contribution >= 0.6 is 0 Å². The van der Waals surface area contributed by atoms with Crippen LogP contribution in [0.15, 0.2) is 17.4 Å². The summed E-state index contributed by atoms with van der Waals surface area (Å²) in [5.74, 6) is 0.783. The first-order chi connectivity index (χ1) is 13.7. The van der Waals surface area contributed by atoms with Crippen LogP contribution in [0.5, 0.6) is 0 Å². The van der Waals surface area contributed by atoms with Crippen LogP contribution in [-0.4, -0.2) is 53.1 Å². The van der Waals surface area contributed by atoms with E-state index in [9.17, 15) is 4.79 Å². The van der Waals surface area contributed by atoms with Crippen molar-refractivity contribution < 1.29 is 9.53 Å². The van der Waals surface area contributed by atoms with Crippen LogP contribution in [0.3, 0.4) is 0 Å². The number of amides is 1. The molecule has 0 aliphatic carbocycles. The van der Waals surface area contributed by atoms with Crippen molar-refractivity contribution in [3.8, 4) is 0 Å². The molecule has 1 aromatic rings. The summed E-state index contributed by atoms with van der Waals surface area (Å²) in [7, 11) is 1.93. The first kappa shape index (κ1) is 24.8. The fraction of sp³-hybridized carbons (Fsp3) is 0.762. The normalized spacial score (nSPS) is 13.1. The summed E-state index contributed by atoms with van der Waals surface area (Å²) in [5.41, 5.74) is 0.726. The summed E-state index contributed by atoms with van der Waals surface area (Å²) in [6, 6.07) is 0.0959. The number of nitrogens with one attached hydrogen (secondary N) is 3. The van der Waals surface area contributed by atoms with E-state index in [0.717, 1.165) is 51.2 Å². The highest BCUT2D eigenvalue weighted by Crippen LogP contribution is 2.07. The molecule has 0 radical (unpaired) electrons. The van der Waals surface area contributed by atoms with Crippen molar-refractivity contribution in [1.29, 1.82) is 0 Å². The molecular weight excluding hydrogens is 368 g/mol. The Bertz CT molecular complexity index is 621. The van der Waals surface area contributed by atoms with Crippen LogP contribution in [0.25, 0.3) is 0 Å². The van der Waals surface area contributed by atoms with Gasteiger partial charge in [0.25, 0.3) is 0 Å². The highest BCUT2D eigenvalue weighted by atomic mass is 16.6. The van der Waals surface area contributed by atoms with E-state index < -0.39 is 5.60 Å². The van der Waals surface area contributed by atoms with Gasteiger partial charge >= 0.3 is 6.09 Å². The molecule has 1 amide bonds. The lowest BCUT2D eigenvalue weighted by Crippen LogP contribution is -2.49.